The van der Waals surface area contributed by atoms with Crippen LogP contribution in [0, 0.1) is 13.8 Å². The number of piperidine rings is 1. The van der Waals surface area contributed by atoms with E-state index in [1.807, 2.05) is 23.4 Å². The fourth-order valence-electron chi connectivity index (χ4n) is 2.76. The van der Waals surface area contributed by atoms with Gasteiger partial charge in [-0.1, -0.05) is 0 Å². The van der Waals surface area contributed by atoms with Crippen LogP contribution in [0.5, 0.6) is 0 Å². The van der Waals surface area contributed by atoms with Crippen LogP contribution in [-0.4, -0.2) is 48.6 Å². The first kappa shape index (κ1) is 12.8. The maximum atomic E-state index is 12.3. The normalized spacial score (nSPS) is 19.3. The Morgan fingerprint density at radius 3 is 2.95 bits per heavy atom. The lowest BCUT2D eigenvalue weighted by Crippen LogP contribution is -2.41. The average Bonchev–Trinajstić information content (AvgIpc) is 3.08. The molecule has 1 N–H and O–H groups in total. The summed E-state index contributed by atoms with van der Waals surface area (Å²) in [5, 5.41) is 4.44. The molecule has 1 aliphatic rings. The van der Waals surface area contributed by atoms with Crippen molar-refractivity contribution in [1.82, 2.24) is 29.6 Å². The third-order valence-electron chi connectivity index (χ3n) is 3.67. The molecule has 0 saturated carbocycles. The van der Waals surface area contributed by atoms with Gasteiger partial charge in [0, 0.05) is 13.1 Å². The summed E-state index contributed by atoms with van der Waals surface area (Å²) in [6, 6.07) is 0.205. The summed E-state index contributed by atoms with van der Waals surface area (Å²) in [5.74, 6) is 1.68. The van der Waals surface area contributed by atoms with Crippen LogP contribution in [0.15, 0.2) is 12.5 Å². The number of rotatable bonds is 2. The number of aryl methyl sites for hydroxylation is 2. The molecule has 1 aliphatic heterocycles. The molecule has 7 heteroatoms. The van der Waals surface area contributed by atoms with Gasteiger partial charge in [-0.25, -0.2) is 14.6 Å². The summed E-state index contributed by atoms with van der Waals surface area (Å²) in [4.78, 5) is 25.3. The van der Waals surface area contributed by atoms with Gasteiger partial charge >= 0.3 is 0 Å². The first-order chi connectivity index (χ1) is 9.65. The Bertz CT molecular complexity index is 602. The molecule has 2 aromatic rings. The molecule has 1 amide bonds. The quantitative estimate of drug-likeness (QED) is 0.889. The van der Waals surface area contributed by atoms with E-state index < -0.39 is 0 Å². The number of hydrogen-bond donors (Lipinski definition) is 1. The Balaban J connectivity index is 1.77. The number of hydrogen-bond acceptors (Lipinski definition) is 4. The van der Waals surface area contributed by atoms with Crippen molar-refractivity contribution in [3.8, 4) is 0 Å². The molecule has 20 heavy (non-hydrogen) atoms. The van der Waals surface area contributed by atoms with Gasteiger partial charge in [0.05, 0.1) is 18.6 Å². The van der Waals surface area contributed by atoms with E-state index in [0.29, 0.717) is 12.2 Å². The minimum Gasteiger partial charge on any atom is -0.341 e. The van der Waals surface area contributed by atoms with Crippen LogP contribution in [0.4, 0.5) is 0 Å². The summed E-state index contributed by atoms with van der Waals surface area (Å²) in [6.07, 6.45) is 5.09. The van der Waals surface area contributed by atoms with Gasteiger partial charge in [0.25, 0.3) is 5.91 Å². The molecule has 1 atom stereocenters. The highest BCUT2D eigenvalue weighted by Gasteiger charge is 2.27. The summed E-state index contributed by atoms with van der Waals surface area (Å²) >= 11 is 0. The maximum absolute atomic E-state index is 12.3. The SMILES string of the molecule is Cc1nc(C)n([C@H]2CCCN(C(=O)c3cnc[nH]3)C2)n1. The minimum atomic E-state index is 0.00157. The number of carbonyl (C=O) groups is 1. The van der Waals surface area contributed by atoms with E-state index in [-0.39, 0.29) is 11.9 Å². The van der Waals surface area contributed by atoms with Crippen LogP contribution >= 0.6 is 0 Å². The van der Waals surface area contributed by atoms with E-state index in [0.717, 1.165) is 31.0 Å². The average molecular weight is 274 g/mol. The Hall–Kier alpha value is -2.18. The summed E-state index contributed by atoms with van der Waals surface area (Å²) in [6.45, 7) is 5.29. The molecule has 1 saturated heterocycles. The molecule has 0 aliphatic carbocycles. The molecular weight excluding hydrogens is 256 g/mol. The number of aromatic amines is 1. The second kappa shape index (κ2) is 5.07. The zero-order valence-electron chi connectivity index (χ0n) is 11.7. The first-order valence-electron chi connectivity index (χ1n) is 6.82. The fraction of sp³-hybridized carbons (Fsp3) is 0.538. The van der Waals surface area contributed by atoms with Crippen LogP contribution in [0.3, 0.4) is 0 Å². The van der Waals surface area contributed by atoms with Crippen LogP contribution in [-0.2, 0) is 0 Å². The van der Waals surface area contributed by atoms with Gasteiger partial charge in [-0.3, -0.25) is 4.79 Å². The molecule has 106 valence electrons. The van der Waals surface area contributed by atoms with Crippen molar-refractivity contribution in [2.24, 2.45) is 0 Å². The number of aromatic nitrogens is 5. The Labute approximate surface area is 117 Å². The second-order valence-electron chi connectivity index (χ2n) is 5.16. The van der Waals surface area contributed by atoms with Crippen molar-refractivity contribution in [1.29, 1.82) is 0 Å². The predicted molar refractivity (Wildman–Crippen MR) is 72.3 cm³/mol. The van der Waals surface area contributed by atoms with Crippen molar-refractivity contribution in [3.63, 3.8) is 0 Å². The number of H-pyrrole nitrogens is 1. The van der Waals surface area contributed by atoms with Gasteiger partial charge in [-0.15, -0.1) is 0 Å². The van der Waals surface area contributed by atoms with Crippen LogP contribution in [0.25, 0.3) is 0 Å². The largest absolute Gasteiger partial charge is 0.341 e. The highest BCUT2D eigenvalue weighted by molar-refractivity contribution is 5.92. The maximum Gasteiger partial charge on any atom is 0.271 e. The summed E-state index contributed by atoms with van der Waals surface area (Å²) in [5.41, 5.74) is 0.539. The van der Waals surface area contributed by atoms with Gasteiger partial charge in [-0.2, -0.15) is 5.10 Å². The fourth-order valence-corrected chi connectivity index (χ4v) is 2.76. The van der Waals surface area contributed by atoms with Crippen molar-refractivity contribution in [2.45, 2.75) is 32.7 Å². The Morgan fingerprint density at radius 2 is 2.30 bits per heavy atom. The third kappa shape index (κ3) is 2.31. The number of likely N-dealkylation sites (tertiary alicyclic amines) is 1. The summed E-state index contributed by atoms with van der Waals surface area (Å²) < 4.78 is 1.95. The standard InChI is InChI=1S/C13H18N6O/c1-9-16-10(2)19(17-9)11-4-3-5-18(7-11)13(20)12-6-14-8-15-12/h6,8,11H,3-5,7H2,1-2H3,(H,14,15)/t11-/m0/s1. The van der Waals surface area contributed by atoms with Gasteiger partial charge in [-0.05, 0) is 26.7 Å². The van der Waals surface area contributed by atoms with Crippen molar-refractivity contribution >= 4 is 5.91 Å². The molecule has 7 nitrogen and oxygen atoms in total. The van der Waals surface area contributed by atoms with Gasteiger partial charge in [0.2, 0.25) is 0 Å². The highest BCUT2D eigenvalue weighted by atomic mass is 16.2. The van der Waals surface area contributed by atoms with Crippen molar-refractivity contribution in [3.05, 3.63) is 29.9 Å². The topological polar surface area (TPSA) is 79.7 Å². The number of nitrogens with zero attached hydrogens (tertiary/aromatic N) is 5. The highest BCUT2D eigenvalue weighted by Crippen LogP contribution is 2.23. The lowest BCUT2D eigenvalue weighted by molar-refractivity contribution is 0.0666. The van der Waals surface area contributed by atoms with Crippen LogP contribution < -0.4 is 0 Å². The van der Waals surface area contributed by atoms with E-state index in [1.54, 1.807) is 6.20 Å². The smallest absolute Gasteiger partial charge is 0.271 e. The lowest BCUT2D eigenvalue weighted by Gasteiger charge is -2.32. The molecule has 0 spiro atoms. The van der Waals surface area contributed by atoms with E-state index in [1.165, 1.54) is 6.33 Å². The summed E-state index contributed by atoms with van der Waals surface area (Å²) in [7, 11) is 0. The third-order valence-corrected chi connectivity index (χ3v) is 3.67. The zero-order valence-corrected chi connectivity index (χ0v) is 11.7. The van der Waals surface area contributed by atoms with Gasteiger partial charge in [0.1, 0.15) is 17.3 Å². The van der Waals surface area contributed by atoms with Crippen LogP contribution in [0.1, 0.15) is 41.0 Å². The molecule has 0 unspecified atom stereocenters. The van der Waals surface area contributed by atoms with Crippen molar-refractivity contribution < 1.29 is 4.79 Å². The predicted octanol–water partition coefficient (Wildman–Crippen LogP) is 1.10. The first-order valence-corrected chi connectivity index (χ1v) is 6.82. The molecule has 0 radical (unpaired) electrons. The van der Waals surface area contributed by atoms with Gasteiger partial charge in [0.15, 0.2) is 0 Å². The molecule has 3 rings (SSSR count). The molecule has 0 bridgehead atoms. The molecular formula is C13H18N6O. The minimum absolute atomic E-state index is 0.00157. The molecule has 1 fully saturated rings. The number of amides is 1. The monoisotopic (exact) mass is 274 g/mol. The van der Waals surface area contributed by atoms with Gasteiger partial charge < -0.3 is 9.88 Å². The van der Waals surface area contributed by atoms with E-state index >= 15 is 0 Å². The number of nitrogens with one attached hydrogen (secondary N) is 1. The van der Waals surface area contributed by atoms with E-state index in [2.05, 4.69) is 20.1 Å². The number of carbonyl (C=O) groups excluding carboxylic acids is 1. The molecule has 3 heterocycles. The van der Waals surface area contributed by atoms with Crippen molar-refractivity contribution in [2.75, 3.05) is 13.1 Å². The Kier molecular flexibility index (Phi) is 3.25. The molecule has 2 aromatic heterocycles. The Morgan fingerprint density at radius 1 is 1.45 bits per heavy atom. The second-order valence-corrected chi connectivity index (χ2v) is 5.16. The molecule has 0 aromatic carbocycles. The lowest BCUT2D eigenvalue weighted by atomic mass is 10.1. The number of imidazole rings is 1. The van der Waals surface area contributed by atoms with E-state index in [9.17, 15) is 4.79 Å². The van der Waals surface area contributed by atoms with Crippen LogP contribution in [0.2, 0.25) is 0 Å². The zero-order chi connectivity index (χ0) is 14.1. The van der Waals surface area contributed by atoms with E-state index in [4.69, 9.17) is 0 Å².